The second kappa shape index (κ2) is 5.65. The molecule has 7 nitrogen and oxygen atoms in total. The summed E-state index contributed by atoms with van der Waals surface area (Å²) in [4.78, 5) is 18.9. The van der Waals surface area contributed by atoms with E-state index in [9.17, 15) is 4.79 Å². The van der Waals surface area contributed by atoms with Crippen LogP contribution >= 0.6 is 11.3 Å². The van der Waals surface area contributed by atoms with E-state index in [0.29, 0.717) is 6.54 Å². The molecular weight excluding hydrogens is 312 g/mol. The molecule has 3 heterocycles. The van der Waals surface area contributed by atoms with Gasteiger partial charge in [-0.2, -0.15) is 9.90 Å². The summed E-state index contributed by atoms with van der Waals surface area (Å²) in [5.74, 6) is -0.275. The molecular formula is C15H12N6OS. The lowest BCUT2D eigenvalue weighted by Gasteiger charge is -2.00. The fourth-order valence-electron chi connectivity index (χ4n) is 2.18. The Bertz CT molecular complexity index is 926. The van der Waals surface area contributed by atoms with Crippen molar-refractivity contribution < 1.29 is 4.79 Å². The largest absolute Gasteiger partial charge is 0.345 e. The average molecular weight is 324 g/mol. The second-order valence-electron chi connectivity index (χ2n) is 4.86. The van der Waals surface area contributed by atoms with Gasteiger partial charge in [-0.05, 0) is 12.1 Å². The predicted molar refractivity (Wildman–Crippen MR) is 85.6 cm³/mol. The van der Waals surface area contributed by atoms with Gasteiger partial charge in [0.05, 0.1) is 24.1 Å². The van der Waals surface area contributed by atoms with E-state index in [1.807, 2.05) is 52.5 Å². The Morgan fingerprint density at radius 3 is 2.96 bits per heavy atom. The molecule has 0 saturated carbocycles. The minimum absolute atomic E-state index is 0.273. The first-order valence-corrected chi connectivity index (χ1v) is 7.84. The molecule has 0 fully saturated rings. The average Bonchev–Trinajstić information content (AvgIpc) is 3.29. The van der Waals surface area contributed by atoms with Crippen LogP contribution in [-0.2, 0) is 6.54 Å². The highest BCUT2D eigenvalue weighted by atomic mass is 32.1. The number of carbonyl (C=O) groups excluding carboxylic acids is 1. The molecule has 0 saturated heterocycles. The minimum atomic E-state index is -0.275. The summed E-state index contributed by atoms with van der Waals surface area (Å²) >= 11 is 1.55. The Hall–Kier alpha value is -3.00. The van der Waals surface area contributed by atoms with Gasteiger partial charge in [-0.15, -0.1) is 16.4 Å². The lowest BCUT2D eigenvalue weighted by atomic mass is 10.3. The van der Waals surface area contributed by atoms with Gasteiger partial charge in [0.15, 0.2) is 10.7 Å². The Balaban J connectivity index is 1.45. The maximum Gasteiger partial charge on any atom is 0.273 e. The third kappa shape index (κ3) is 2.71. The van der Waals surface area contributed by atoms with E-state index in [1.54, 1.807) is 11.3 Å². The zero-order valence-electron chi connectivity index (χ0n) is 12.0. The van der Waals surface area contributed by atoms with E-state index in [1.165, 1.54) is 11.0 Å². The number of aromatic nitrogens is 5. The number of hydrogen-bond donors (Lipinski definition) is 1. The SMILES string of the molecule is O=C(NCc1cn2ccsc2n1)c1cnn(-c2ccccc2)n1. The van der Waals surface area contributed by atoms with Crippen LogP contribution in [0, 0.1) is 0 Å². The molecule has 1 aromatic carbocycles. The molecule has 0 atom stereocenters. The lowest BCUT2D eigenvalue weighted by Crippen LogP contribution is -2.23. The van der Waals surface area contributed by atoms with Crippen LogP contribution in [0.5, 0.6) is 0 Å². The number of imidazole rings is 1. The zero-order valence-corrected chi connectivity index (χ0v) is 12.8. The van der Waals surface area contributed by atoms with Gasteiger partial charge in [-0.1, -0.05) is 18.2 Å². The Morgan fingerprint density at radius 1 is 1.26 bits per heavy atom. The lowest BCUT2D eigenvalue weighted by molar-refractivity contribution is 0.0945. The highest BCUT2D eigenvalue weighted by Gasteiger charge is 2.12. The number of benzene rings is 1. The number of rotatable bonds is 4. The van der Waals surface area contributed by atoms with E-state index in [0.717, 1.165) is 16.3 Å². The quantitative estimate of drug-likeness (QED) is 0.622. The molecule has 3 aromatic heterocycles. The molecule has 0 aliphatic carbocycles. The molecule has 0 bridgehead atoms. The Kier molecular flexibility index (Phi) is 3.35. The molecule has 0 spiro atoms. The number of amides is 1. The minimum Gasteiger partial charge on any atom is -0.345 e. The summed E-state index contributed by atoms with van der Waals surface area (Å²) in [7, 11) is 0. The van der Waals surface area contributed by atoms with Gasteiger partial charge in [-0.3, -0.25) is 9.20 Å². The first kappa shape index (κ1) is 13.6. The molecule has 1 amide bonds. The summed E-state index contributed by atoms with van der Waals surface area (Å²) in [5.41, 5.74) is 1.89. The van der Waals surface area contributed by atoms with Crippen molar-refractivity contribution in [2.75, 3.05) is 0 Å². The van der Waals surface area contributed by atoms with Gasteiger partial charge < -0.3 is 5.32 Å². The molecule has 0 aliphatic heterocycles. The van der Waals surface area contributed by atoms with Crippen LogP contribution in [0.4, 0.5) is 0 Å². The molecule has 0 aliphatic rings. The molecule has 114 valence electrons. The third-order valence-corrected chi connectivity index (χ3v) is 4.06. The first-order chi connectivity index (χ1) is 11.3. The number of fused-ring (bicyclic) bond motifs is 1. The maximum atomic E-state index is 12.2. The van der Waals surface area contributed by atoms with Crippen molar-refractivity contribution in [3.8, 4) is 5.69 Å². The number of nitrogens with zero attached hydrogens (tertiary/aromatic N) is 5. The van der Waals surface area contributed by atoms with Crippen molar-refractivity contribution in [1.29, 1.82) is 0 Å². The predicted octanol–water partition coefficient (Wildman–Crippen LogP) is 1.91. The number of nitrogens with one attached hydrogen (secondary N) is 1. The molecule has 4 aromatic rings. The van der Waals surface area contributed by atoms with Gasteiger partial charge in [0.25, 0.3) is 5.91 Å². The molecule has 0 radical (unpaired) electrons. The fraction of sp³-hybridized carbons (Fsp3) is 0.0667. The van der Waals surface area contributed by atoms with Crippen molar-refractivity contribution in [3.05, 3.63) is 65.7 Å². The maximum absolute atomic E-state index is 12.2. The van der Waals surface area contributed by atoms with E-state index < -0.39 is 0 Å². The summed E-state index contributed by atoms with van der Waals surface area (Å²) in [6.45, 7) is 0.353. The van der Waals surface area contributed by atoms with Gasteiger partial charge in [-0.25, -0.2) is 4.98 Å². The second-order valence-corrected chi connectivity index (χ2v) is 5.74. The monoisotopic (exact) mass is 324 g/mol. The van der Waals surface area contributed by atoms with Crippen molar-refractivity contribution >= 4 is 22.2 Å². The molecule has 1 N–H and O–H groups in total. The Morgan fingerprint density at radius 2 is 2.13 bits per heavy atom. The first-order valence-electron chi connectivity index (χ1n) is 6.97. The van der Waals surface area contributed by atoms with Crippen LogP contribution in [-0.4, -0.2) is 30.3 Å². The van der Waals surface area contributed by atoms with Crippen molar-refractivity contribution in [1.82, 2.24) is 29.7 Å². The number of thiazole rings is 1. The van der Waals surface area contributed by atoms with Crippen LogP contribution in [0.15, 0.2) is 54.3 Å². The van der Waals surface area contributed by atoms with Crippen LogP contribution in [0.25, 0.3) is 10.6 Å². The van der Waals surface area contributed by atoms with Gasteiger partial charge in [0.2, 0.25) is 0 Å². The highest BCUT2D eigenvalue weighted by Crippen LogP contribution is 2.11. The molecule has 4 rings (SSSR count). The standard InChI is InChI=1S/C15H12N6OS/c22-14(16-8-11-10-20-6-7-23-15(20)18-11)13-9-17-21(19-13)12-4-2-1-3-5-12/h1-7,9-10H,8H2,(H,16,22). The zero-order chi connectivity index (χ0) is 15.6. The van der Waals surface area contributed by atoms with Crippen LogP contribution in [0.3, 0.4) is 0 Å². The Labute approximate surface area is 135 Å². The number of carbonyl (C=O) groups is 1. The van der Waals surface area contributed by atoms with E-state index in [-0.39, 0.29) is 11.6 Å². The molecule has 23 heavy (non-hydrogen) atoms. The summed E-state index contributed by atoms with van der Waals surface area (Å²) in [5, 5.41) is 13.1. The van der Waals surface area contributed by atoms with Gasteiger partial charge >= 0.3 is 0 Å². The van der Waals surface area contributed by atoms with Gasteiger partial charge in [0, 0.05) is 17.8 Å². The fourth-order valence-corrected chi connectivity index (χ4v) is 2.89. The van der Waals surface area contributed by atoms with Crippen molar-refractivity contribution in [2.24, 2.45) is 0 Å². The van der Waals surface area contributed by atoms with Crippen molar-refractivity contribution in [3.63, 3.8) is 0 Å². The van der Waals surface area contributed by atoms with E-state index >= 15 is 0 Å². The van der Waals surface area contributed by atoms with Crippen LogP contribution < -0.4 is 5.32 Å². The van der Waals surface area contributed by atoms with Gasteiger partial charge in [0.1, 0.15) is 0 Å². The van der Waals surface area contributed by atoms with E-state index in [2.05, 4.69) is 20.5 Å². The van der Waals surface area contributed by atoms with Crippen LogP contribution in [0.1, 0.15) is 16.2 Å². The smallest absolute Gasteiger partial charge is 0.273 e. The molecule has 8 heteroatoms. The number of para-hydroxylation sites is 1. The summed E-state index contributed by atoms with van der Waals surface area (Å²) < 4.78 is 1.93. The van der Waals surface area contributed by atoms with E-state index in [4.69, 9.17) is 0 Å². The third-order valence-electron chi connectivity index (χ3n) is 3.28. The summed E-state index contributed by atoms with van der Waals surface area (Å²) in [6.07, 6.45) is 5.28. The topological polar surface area (TPSA) is 77.1 Å². The van der Waals surface area contributed by atoms with Crippen LogP contribution in [0.2, 0.25) is 0 Å². The summed E-state index contributed by atoms with van der Waals surface area (Å²) in [6, 6.07) is 9.45. The van der Waals surface area contributed by atoms with Crippen molar-refractivity contribution in [2.45, 2.75) is 6.54 Å². The normalized spacial score (nSPS) is 11.0. The number of hydrogen-bond acceptors (Lipinski definition) is 5. The molecule has 0 unspecified atom stereocenters. The highest BCUT2D eigenvalue weighted by molar-refractivity contribution is 7.15.